The van der Waals surface area contributed by atoms with Crippen LogP contribution in [0.2, 0.25) is 0 Å². The fraction of sp³-hybridized carbons (Fsp3) is 0.385. The van der Waals surface area contributed by atoms with E-state index in [9.17, 15) is 0 Å². The first-order chi connectivity index (χ1) is 7.27. The van der Waals surface area contributed by atoms with Crippen molar-refractivity contribution in [3.8, 4) is 12.3 Å². The third-order valence-electron chi connectivity index (χ3n) is 2.68. The van der Waals surface area contributed by atoms with Crippen molar-refractivity contribution in [3.63, 3.8) is 0 Å². The van der Waals surface area contributed by atoms with Crippen LogP contribution in [0.1, 0.15) is 6.42 Å². The van der Waals surface area contributed by atoms with Crippen molar-refractivity contribution >= 4 is 0 Å². The van der Waals surface area contributed by atoms with Crippen molar-refractivity contribution in [1.29, 1.82) is 0 Å². The molecule has 0 bridgehead atoms. The van der Waals surface area contributed by atoms with Crippen molar-refractivity contribution in [2.45, 2.75) is 12.7 Å². The van der Waals surface area contributed by atoms with Gasteiger partial charge in [0.05, 0.1) is 18.6 Å². The van der Waals surface area contributed by atoms with E-state index in [4.69, 9.17) is 15.9 Å². The standard InChI is InChI=1S/C13H14O2/c1-3-6-13(12-14-9-10-15-12)7-4-11(2)5-8-13/h1,4-5,7-8,12H,2,6,9-10H2. The van der Waals surface area contributed by atoms with Crippen molar-refractivity contribution in [3.05, 3.63) is 36.5 Å². The van der Waals surface area contributed by atoms with Crippen LogP contribution in [0.3, 0.4) is 0 Å². The Morgan fingerprint density at radius 3 is 2.53 bits per heavy atom. The lowest BCUT2D eigenvalue weighted by atomic mass is 9.80. The second-order valence-corrected chi connectivity index (χ2v) is 3.81. The summed E-state index contributed by atoms with van der Waals surface area (Å²) in [7, 11) is 0. The maximum absolute atomic E-state index is 5.53. The molecule has 2 nitrogen and oxygen atoms in total. The van der Waals surface area contributed by atoms with Gasteiger partial charge in [-0.05, 0) is 5.57 Å². The smallest absolute Gasteiger partial charge is 0.171 e. The van der Waals surface area contributed by atoms with Gasteiger partial charge in [0.15, 0.2) is 6.29 Å². The zero-order chi connectivity index (χ0) is 10.7. The monoisotopic (exact) mass is 202 g/mol. The van der Waals surface area contributed by atoms with Gasteiger partial charge in [0.25, 0.3) is 0 Å². The molecule has 1 heterocycles. The zero-order valence-electron chi connectivity index (χ0n) is 8.61. The highest BCUT2D eigenvalue weighted by molar-refractivity contribution is 5.37. The normalized spacial score (nSPS) is 24.3. The molecule has 1 aliphatic heterocycles. The minimum atomic E-state index is -0.313. The van der Waals surface area contributed by atoms with E-state index in [-0.39, 0.29) is 11.7 Å². The predicted molar refractivity (Wildman–Crippen MR) is 59.0 cm³/mol. The Hall–Kier alpha value is -1.30. The highest BCUT2D eigenvalue weighted by Gasteiger charge is 2.38. The van der Waals surface area contributed by atoms with E-state index in [1.54, 1.807) is 0 Å². The Kier molecular flexibility index (Phi) is 2.77. The second kappa shape index (κ2) is 4.06. The Morgan fingerprint density at radius 2 is 2.00 bits per heavy atom. The number of hydrogen-bond acceptors (Lipinski definition) is 2. The van der Waals surface area contributed by atoms with Crippen LogP contribution < -0.4 is 0 Å². The molecule has 2 rings (SSSR count). The molecule has 0 saturated carbocycles. The summed E-state index contributed by atoms with van der Waals surface area (Å²) in [5.74, 6) is 2.68. The zero-order valence-corrected chi connectivity index (χ0v) is 8.61. The fourth-order valence-corrected chi connectivity index (χ4v) is 1.84. The van der Waals surface area contributed by atoms with E-state index in [0.717, 1.165) is 5.57 Å². The summed E-state index contributed by atoms with van der Waals surface area (Å²) in [4.78, 5) is 0. The minimum absolute atomic E-state index is 0.255. The molecule has 2 aliphatic rings. The number of rotatable bonds is 2. The van der Waals surface area contributed by atoms with Crippen LogP contribution in [0.25, 0.3) is 0 Å². The van der Waals surface area contributed by atoms with Gasteiger partial charge < -0.3 is 9.47 Å². The first kappa shape index (κ1) is 10.2. The lowest BCUT2D eigenvalue weighted by Crippen LogP contribution is -2.33. The van der Waals surface area contributed by atoms with Crippen molar-refractivity contribution in [2.24, 2.45) is 5.41 Å². The van der Waals surface area contributed by atoms with Gasteiger partial charge in [-0.25, -0.2) is 0 Å². The van der Waals surface area contributed by atoms with Gasteiger partial charge in [0, 0.05) is 6.42 Å². The third kappa shape index (κ3) is 1.90. The van der Waals surface area contributed by atoms with Crippen molar-refractivity contribution in [1.82, 2.24) is 0 Å². The molecule has 0 unspecified atom stereocenters. The van der Waals surface area contributed by atoms with E-state index in [1.165, 1.54) is 0 Å². The average Bonchev–Trinajstić information content (AvgIpc) is 2.76. The van der Waals surface area contributed by atoms with E-state index in [1.807, 2.05) is 24.3 Å². The molecule has 0 aromatic rings. The van der Waals surface area contributed by atoms with Gasteiger partial charge in [0.1, 0.15) is 0 Å². The van der Waals surface area contributed by atoms with Gasteiger partial charge in [-0.1, -0.05) is 30.9 Å². The van der Waals surface area contributed by atoms with Crippen LogP contribution >= 0.6 is 0 Å². The average molecular weight is 202 g/mol. The molecule has 0 N–H and O–H groups in total. The largest absolute Gasteiger partial charge is 0.349 e. The second-order valence-electron chi connectivity index (χ2n) is 3.81. The van der Waals surface area contributed by atoms with E-state index in [0.29, 0.717) is 19.6 Å². The van der Waals surface area contributed by atoms with Crippen LogP contribution in [-0.4, -0.2) is 19.5 Å². The van der Waals surface area contributed by atoms with Gasteiger partial charge in [-0.3, -0.25) is 0 Å². The summed E-state index contributed by atoms with van der Waals surface area (Å²) in [6, 6.07) is 0. The van der Waals surface area contributed by atoms with E-state index >= 15 is 0 Å². The molecule has 0 amide bonds. The highest BCUT2D eigenvalue weighted by Crippen LogP contribution is 2.37. The Bertz CT molecular complexity index is 335. The lowest BCUT2D eigenvalue weighted by Gasteiger charge is -2.32. The molecule has 1 saturated heterocycles. The summed E-state index contributed by atoms with van der Waals surface area (Å²) in [5, 5.41) is 0. The van der Waals surface area contributed by atoms with Crippen molar-refractivity contribution in [2.75, 3.05) is 13.2 Å². The number of ether oxygens (including phenoxy) is 2. The van der Waals surface area contributed by atoms with Crippen LogP contribution in [0.15, 0.2) is 36.5 Å². The van der Waals surface area contributed by atoms with Gasteiger partial charge in [0.2, 0.25) is 0 Å². The SMILES string of the molecule is C#CCC1(C2OCCO2)C=CC(=C)C=C1. The highest BCUT2D eigenvalue weighted by atomic mass is 16.7. The molecular weight excluding hydrogens is 188 g/mol. The molecule has 2 heteroatoms. The Balaban J connectivity index is 2.25. The Morgan fingerprint density at radius 1 is 1.40 bits per heavy atom. The van der Waals surface area contributed by atoms with Crippen LogP contribution in [0.4, 0.5) is 0 Å². The van der Waals surface area contributed by atoms with Crippen LogP contribution in [-0.2, 0) is 9.47 Å². The lowest BCUT2D eigenvalue weighted by molar-refractivity contribution is -0.0953. The maximum atomic E-state index is 5.53. The van der Waals surface area contributed by atoms with Gasteiger partial charge in [-0.2, -0.15) is 0 Å². The summed E-state index contributed by atoms with van der Waals surface area (Å²) in [5.41, 5.74) is 0.660. The maximum Gasteiger partial charge on any atom is 0.171 e. The molecule has 0 radical (unpaired) electrons. The topological polar surface area (TPSA) is 18.5 Å². The molecule has 0 aromatic carbocycles. The van der Waals surface area contributed by atoms with Crippen LogP contribution in [0.5, 0.6) is 0 Å². The molecule has 0 aromatic heterocycles. The summed E-state index contributed by atoms with van der Waals surface area (Å²) in [6.07, 6.45) is 13.7. The fourth-order valence-electron chi connectivity index (χ4n) is 1.84. The molecular formula is C13H14O2. The van der Waals surface area contributed by atoms with Crippen LogP contribution in [0, 0.1) is 17.8 Å². The summed E-state index contributed by atoms with van der Waals surface area (Å²) in [6.45, 7) is 5.14. The molecule has 15 heavy (non-hydrogen) atoms. The molecule has 78 valence electrons. The molecule has 1 fully saturated rings. The quantitative estimate of drug-likeness (QED) is 0.638. The number of hydrogen-bond donors (Lipinski definition) is 0. The first-order valence-corrected chi connectivity index (χ1v) is 5.01. The molecule has 1 aliphatic carbocycles. The predicted octanol–water partition coefficient (Wildman–Crippen LogP) is 2.05. The van der Waals surface area contributed by atoms with E-state index in [2.05, 4.69) is 12.5 Å². The van der Waals surface area contributed by atoms with Crippen molar-refractivity contribution < 1.29 is 9.47 Å². The molecule has 0 spiro atoms. The Labute approximate surface area is 90.3 Å². The number of allylic oxidation sites excluding steroid dienone is 3. The minimum Gasteiger partial charge on any atom is -0.349 e. The molecule has 0 atom stereocenters. The van der Waals surface area contributed by atoms with Gasteiger partial charge in [-0.15, -0.1) is 12.3 Å². The first-order valence-electron chi connectivity index (χ1n) is 5.01. The summed E-state index contributed by atoms with van der Waals surface area (Å²) < 4.78 is 11.1. The number of terminal acetylenes is 1. The third-order valence-corrected chi connectivity index (χ3v) is 2.68. The summed E-state index contributed by atoms with van der Waals surface area (Å²) >= 11 is 0. The van der Waals surface area contributed by atoms with Gasteiger partial charge >= 0.3 is 0 Å². The van der Waals surface area contributed by atoms with E-state index < -0.39 is 0 Å².